The highest BCUT2D eigenvalue weighted by Gasteiger charge is 2.30. The molecule has 0 radical (unpaired) electrons. The van der Waals surface area contributed by atoms with Crippen LogP contribution in [0.15, 0.2) is 24.3 Å². The highest BCUT2D eigenvalue weighted by Crippen LogP contribution is 2.29. The monoisotopic (exact) mass is 289 g/mol. The van der Waals surface area contributed by atoms with Crippen molar-refractivity contribution in [2.75, 3.05) is 18.9 Å². The van der Waals surface area contributed by atoms with Crippen molar-refractivity contribution in [2.24, 2.45) is 5.73 Å². The maximum absolute atomic E-state index is 12.4. The van der Waals surface area contributed by atoms with Crippen LogP contribution in [-0.4, -0.2) is 30.1 Å². The molecule has 3 N–H and O–H groups in total. The Morgan fingerprint density at radius 2 is 1.75 bits per heavy atom. The summed E-state index contributed by atoms with van der Waals surface area (Å²) >= 11 is 0. The first kappa shape index (κ1) is 16.3. The highest BCUT2D eigenvalue weighted by atomic mass is 19.4. The van der Waals surface area contributed by atoms with Gasteiger partial charge in [-0.15, -0.1) is 0 Å². The maximum atomic E-state index is 12.4. The van der Waals surface area contributed by atoms with Crippen molar-refractivity contribution >= 4 is 11.7 Å². The first-order valence-electron chi connectivity index (χ1n) is 6.00. The van der Waals surface area contributed by atoms with Gasteiger partial charge < -0.3 is 16.0 Å². The Kier molecular flexibility index (Phi) is 4.65. The Hall–Kier alpha value is -1.76. The van der Waals surface area contributed by atoms with Crippen molar-refractivity contribution in [2.45, 2.75) is 25.6 Å². The zero-order chi connectivity index (χ0) is 15.6. The van der Waals surface area contributed by atoms with Gasteiger partial charge in [0.1, 0.15) is 0 Å². The molecule has 4 nitrogen and oxygen atoms in total. The van der Waals surface area contributed by atoms with Crippen molar-refractivity contribution in [1.82, 2.24) is 4.90 Å². The molecule has 0 aliphatic rings. The van der Waals surface area contributed by atoms with E-state index in [-0.39, 0.29) is 6.54 Å². The van der Waals surface area contributed by atoms with Crippen LogP contribution in [0.1, 0.15) is 19.4 Å². The number of carbonyl (C=O) groups excluding carboxylic acids is 1. The summed E-state index contributed by atoms with van der Waals surface area (Å²) < 4.78 is 37.2. The van der Waals surface area contributed by atoms with Gasteiger partial charge in [0.2, 0.25) is 0 Å². The summed E-state index contributed by atoms with van der Waals surface area (Å²) in [5.41, 5.74) is 4.55. The number of alkyl halides is 3. The number of nitrogens with zero attached hydrogens (tertiary/aromatic N) is 1. The van der Waals surface area contributed by atoms with Crippen molar-refractivity contribution in [3.8, 4) is 0 Å². The Labute approximate surface area is 115 Å². The number of urea groups is 1. The standard InChI is InChI=1S/C13H18F3N3O/c1-12(2,8-17)19(3)11(20)18-10-6-4-9(5-7-10)13(14,15)16/h4-7H,8,17H2,1-3H3,(H,18,20). The van der Waals surface area contributed by atoms with E-state index in [1.54, 1.807) is 20.9 Å². The minimum atomic E-state index is -4.39. The van der Waals surface area contributed by atoms with Crippen LogP contribution < -0.4 is 11.1 Å². The summed E-state index contributed by atoms with van der Waals surface area (Å²) in [6.45, 7) is 3.85. The Morgan fingerprint density at radius 3 is 2.15 bits per heavy atom. The number of likely N-dealkylation sites (N-methyl/N-ethyl adjacent to an activating group) is 1. The van der Waals surface area contributed by atoms with E-state index in [9.17, 15) is 18.0 Å². The first-order chi connectivity index (χ1) is 9.08. The molecule has 0 atom stereocenters. The summed E-state index contributed by atoms with van der Waals surface area (Å²) in [6.07, 6.45) is -4.39. The van der Waals surface area contributed by atoms with Crippen LogP contribution in [-0.2, 0) is 6.18 Å². The second-order valence-corrected chi connectivity index (χ2v) is 5.08. The molecule has 0 aromatic heterocycles. The van der Waals surface area contributed by atoms with E-state index in [4.69, 9.17) is 5.73 Å². The third-order valence-electron chi connectivity index (χ3n) is 3.18. The van der Waals surface area contributed by atoms with E-state index in [1.165, 1.54) is 17.0 Å². The first-order valence-corrected chi connectivity index (χ1v) is 6.00. The van der Waals surface area contributed by atoms with Gasteiger partial charge in [-0.2, -0.15) is 13.2 Å². The Bertz CT molecular complexity index is 469. The number of hydrogen-bond acceptors (Lipinski definition) is 2. The molecule has 0 spiro atoms. The van der Waals surface area contributed by atoms with Crippen LogP contribution in [0.4, 0.5) is 23.7 Å². The molecular formula is C13H18F3N3O. The van der Waals surface area contributed by atoms with E-state index < -0.39 is 23.3 Å². The van der Waals surface area contributed by atoms with Crippen molar-refractivity contribution in [3.63, 3.8) is 0 Å². The average molecular weight is 289 g/mol. The molecule has 1 rings (SSSR count). The van der Waals surface area contributed by atoms with Gasteiger partial charge in [-0.05, 0) is 38.1 Å². The number of carbonyl (C=O) groups is 1. The molecule has 2 amide bonds. The normalized spacial score (nSPS) is 12.2. The van der Waals surface area contributed by atoms with Crippen LogP contribution in [0.5, 0.6) is 0 Å². The highest BCUT2D eigenvalue weighted by molar-refractivity contribution is 5.89. The zero-order valence-corrected chi connectivity index (χ0v) is 11.6. The third kappa shape index (κ3) is 3.86. The smallest absolute Gasteiger partial charge is 0.328 e. The minimum Gasteiger partial charge on any atom is -0.328 e. The number of halogens is 3. The predicted molar refractivity (Wildman–Crippen MR) is 71.4 cm³/mol. The average Bonchev–Trinajstić information content (AvgIpc) is 2.37. The van der Waals surface area contributed by atoms with E-state index in [2.05, 4.69) is 5.32 Å². The summed E-state index contributed by atoms with van der Waals surface area (Å²) in [5, 5.41) is 2.52. The van der Waals surface area contributed by atoms with Gasteiger partial charge in [-0.1, -0.05) is 0 Å². The van der Waals surface area contributed by atoms with Crippen LogP contribution in [0, 0.1) is 0 Å². The largest absolute Gasteiger partial charge is 0.416 e. The number of nitrogens with two attached hydrogens (primary N) is 1. The fourth-order valence-electron chi connectivity index (χ4n) is 1.36. The van der Waals surface area contributed by atoms with Gasteiger partial charge in [0, 0.05) is 19.3 Å². The molecule has 0 saturated heterocycles. The summed E-state index contributed by atoms with van der Waals surface area (Å²) in [6, 6.07) is 3.83. The van der Waals surface area contributed by atoms with E-state index >= 15 is 0 Å². The topological polar surface area (TPSA) is 58.4 Å². The van der Waals surface area contributed by atoms with Gasteiger partial charge in [-0.25, -0.2) is 4.79 Å². The Morgan fingerprint density at radius 1 is 1.25 bits per heavy atom. The molecular weight excluding hydrogens is 271 g/mol. The van der Waals surface area contributed by atoms with E-state index in [0.717, 1.165) is 12.1 Å². The molecule has 0 unspecified atom stereocenters. The maximum Gasteiger partial charge on any atom is 0.416 e. The number of amides is 2. The Balaban J connectivity index is 2.77. The molecule has 0 fully saturated rings. The van der Waals surface area contributed by atoms with E-state index in [0.29, 0.717) is 5.69 Å². The van der Waals surface area contributed by atoms with Crippen molar-refractivity contribution < 1.29 is 18.0 Å². The molecule has 0 aliphatic carbocycles. The predicted octanol–water partition coefficient (Wildman–Crippen LogP) is 2.91. The van der Waals surface area contributed by atoms with E-state index in [1.807, 2.05) is 0 Å². The molecule has 1 aromatic rings. The van der Waals surface area contributed by atoms with Crippen LogP contribution in [0.25, 0.3) is 0 Å². The number of benzene rings is 1. The lowest BCUT2D eigenvalue weighted by molar-refractivity contribution is -0.137. The second-order valence-electron chi connectivity index (χ2n) is 5.08. The van der Waals surface area contributed by atoms with Gasteiger partial charge in [-0.3, -0.25) is 0 Å². The van der Waals surface area contributed by atoms with Crippen LogP contribution in [0.2, 0.25) is 0 Å². The molecule has 0 saturated carbocycles. The number of hydrogen-bond donors (Lipinski definition) is 2. The van der Waals surface area contributed by atoms with Crippen molar-refractivity contribution in [3.05, 3.63) is 29.8 Å². The number of rotatable bonds is 3. The summed E-state index contributed by atoms with van der Waals surface area (Å²) in [7, 11) is 1.58. The molecule has 0 heterocycles. The molecule has 20 heavy (non-hydrogen) atoms. The van der Waals surface area contributed by atoms with Crippen LogP contribution >= 0.6 is 0 Å². The number of nitrogens with one attached hydrogen (secondary N) is 1. The molecule has 0 aliphatic heterocycles. The summed E-state index contributed by atoms with van der Waals surface area (Å²) in [4.78, 5) is 13.3. The lowest BCUT2D eigenvalue weighted by atomic mass is 10.1. The van der Waals surface area contributed by atoms with Gasteiger partial charge in [0.25, 0.3) is 0 Å². The number of anilines is 1. The summed E-state index contributed by atoms with van der Waals surface area (Å²) in [5.74, 6) is 0. The molecule has 1 aromatic carbocycles. The van der Waals surface area contributed by atoms with Gasteiger partial charge in [0.05, 0.1) is 11.1 Å². The second kappa shape index (κ2) is 5.70. The van der Waals surface area contributed by atoms with Gasteiger partial charge in [0.15, 0.2) is 0 Å². The molecule has 7 heteroatoms. The third-order valence-corrected chi connectivity index (χ3v) is 3.18. The SMILES string of the molecule is CN(C(=O)Nc1ccc(C(F)(F)F)cc1)C(C)(C)CN. The zero-order valence-electron chi connectivity index (χ0n) is 11.6. The molecule has 0 bridgehead atoms. The lowest BCUT2D eigenvalue weighted by Crippen LogP contribution is -2.51. The van der Waals surface area contributed by atoms with Crippen molar-refractivity contribution in [1.29, 1.82) is 0 Å². The van der Waals surface area contributed by atoms with Gasteiger partial charge >= 0.3 is 12.2 Å². The lowest BCUT2D eigenvalue weighted by Gasteiger charge is -2.34. The quantitative estimate of drug-likeness (QED) is 0.899. The fourth-order valence-corrected chi connectivity index (χ4v) is 1.36. The minimum absolute atomic E-state index is 0.268. The molecule has 112 valence electrons. The fraction of sp³-hybridized carbons (Fsp3) is 0.462. The van der Waals surface area contributed by atoms with Crippen LogP contribution in [0.3, 0.4) is 0 Å².